The molecule has 2 heterocycles. The van der Waals surface area contributed by atoms with Crippen molar-refractivity contribution in [3.8, 4) is 0 Å². The molecule has 1 aromatic heterocycles. The summed E-state index contributed by atoms with van der Waals surface area (Å²) in [6.07, 6.45) is 3.91. The van der Waals surface area contributed by atoms with Gasteiger partial charge in [0.2, 0.25) is 5.91 Å². The van der Waals surface area contributed by atoms with E-state index in [9.17, 15) is 14.4 Å². The normalized spacial score (nSPS) is 18.0. The van der Waals surface area contributed by atoms with Gasteiger partial charge in [0, 0.05) is 19.6 Å². The van der Waals surface area contributed by atoms with E-state index < -0.39 is 11.2 Å². The van der Waals surface area contributed by atoms with Crippen molar-refractivity contribution in [3.63, 3.8) is 0 Å². The Hall–Kier alpha value is -2.09. The number of nitrogen functional groups attached to an aromatic ring is 1. The number of nitrogens with one attached hydrogen (secondary N) is 1. The monoisotopic (exact) mass is 365 g/mol. The fourth-order valence-electron chi connectivity index (χ4n) is 3.54. The zero-order chi connectivity index (χ0) is 19.3. The molecule has 0 unspecified atom stereocenters. The van der Waals surface area contributed by atoms with Gasteiger partial charge in [-0.25, -0.2) is 4.79 Å². The SMILES string of the molecule is CCCCn1c(N)c(N(CC)C(=O)CN2CCC[C@H](C)C2)c(=O)[nH]c1=O. The summed E-state index contributed by atoms with van der Waals surface area (Å²) in [5, 5.41) is 0. The molecule has 1 amide bonds. The number of carbonyl (C=O) groups is 1. The predicted octanol–water partition coefficient (Wildman–Crippen LogP) is 1.00. The molecule has 1 fully saturated rings. The van der Waals surface area contributed by atoms with Crippen molar-refractivity contribution < 1.29 is 4.79 Å². The highest BCUT2D eigenvalue weighted by Gasteiger charge is 2.26. The van der Waals surface area contributed by atoms with Crippen LogP contribution in [0.15, 0.2) is 9.59 Å². The predicted molar refractivity (Wildman–Crippen MR) is 104 cm³/mol. The van der Waals surface area contributed by atoms with Crippen LogP contribution in [0.2, 0.25) is 0 Å². The van der Waals surface area contributed by atoms with Crippen LogP contribution in [0.1, 0.15) is 46.5 Å². The second-order valence-corrected chi connectivity index (χ2v) is 7.12. The number of amides is 1. The number of likely N-dealkylation sites (N-methyl/N-ethyl adjacent to an activating group) is 1. The Balaban J connectivity index is 2.29. The van der Waals surface area contributed by atoms with Crippen LogP contribution in [0.5, 0.6) is 0 Å². The number of hydrogen-bond donors (Lipinski definition) is 2. The van der Waals surface area contributed by atoms with E-state index in [1.54, 1.807) is 6.92 Å². The molecule has 8 nitrogen and oxygen atoms in total. The van der Waals surface area contributed by atoms with E-state index in [4.69, 9.17) is 5.73 Å². The number of nitrogens with zero attached hydrogens (tertiary/aromatic N) is 3. The largest absolute Gasteiger partial charge is 0.383 e. The molecule has 2 rings (SSSR count). The van der Waals surface area contributed by atoms with Gasteiger partial charge in [0.25, 0.3) is 5.56 Å². The van der Waals surface area contributed by atoms with Crippen LogP contribution >= 0.6 is 0 Å². The molecule has 26 heavy (non-hydrogen) atoms. The van der Waals surface area contributed by atoms with Gasteiger partial charge in [0.15, 0.2) is 5.69 Å². The molecule has 0 aromatic carbocycles. The summed E-state index contributed by atoms with van der Waals surface area (Å²) in [6, 6.07) is 0. The highest BCUT2D eigenvalue weighted by Crippen LogP contribution is 2.19. The van der Waals surface area contributed by atoms with Crippen LogP contribution < -0.4 is 21.9 Å². The Morgan fingerprint density at radius 2 is 2.08 bits per heavy atom. The van der Waals surface area contributed by atoms with Gasteiger partial charge < -0.3 is 10.6 Å². The van der Waals surface area contributed by atoms with Crippen LogP contribution in [0, 0.1) is 5.92 Å². The Labute approximate surface area is 154 Å². The van der Waals surface area contributed by atoms with Gasteiger partial charge >= 0.3 is 5.69 Å². The van der Waals surface area contributed by atoms with E-state index in [2.05, 4.69) is 16.8 Å². The first-order valence-corrected chi connectivity index (χ1v) is 9.54. The van der Waals surface area contributed by atoms with Gasteiger partial charge in [-0.15, -0.1) is 0 Å². The van der Waals surface area contributed by atoms with Crippen molar-refractivity contribution in [2.45, 2.75) is 53.0 Å². The van der Waals surface area contributed by atoms with Gasteiger partial charge in [-0.2, -0.15) is 0 Å². The Morgan fingerprint density at radius 1 is 1.35 bits per heavy atom. The maximum atomic E-state index is 12.9. The standard InChI is InChI=1S/C18H31N5O3/c1-4-6-10-23-16(19)15(17(25)20-18(23)26)22(5-2)14(24)12-21-9-7-8-13(3)11-21/h13H,4-12,19H2,1-3H3,(H,20,25,26)/t13-/m0/s1. The van der Waals surface area contributed by atoms with Gasteiger partial charge in [-0.3, -0.25) is 24.0 Å². The van der Waals surface area contributed by atoms with E-state index in [-0.39, 0.29) is 24.0 Å². The first kappa shape index (κ1) is 20.2. The number of hydrogen-bond acceptors (Lipinski definition) is 5. The van der Waals surface area contributed by atoms with Gasteiger partial charge in [0.05, 0.1) is 6.54 Å². The van der Waals surface area contributed by atoms with Crippen molar-refractivity contribution in [2.24, 2.45) is 5.92 Å². The quantitative estimate of drug-likeness (QED) is 0.750. The summed E-state index contributed by atoms with van der Waals surface area (Å²) in [5.74, 6) is 0.463. The molecule has 8 heteroatoms. The number of rotatable bonds is 7. The maximum absolute atomic E-state index is 12.9. The molecule has 1 saturated heterocycles. The first-order chi connectivity index (χ1) is 12.4. The number of nitrogens with two attached hydrogens (primary N) is 1. The third-order valence-electron chi connectivity index (χ3n) is 4.94. The van der Waals surface area contributed by atoms with Gasteiger partial charge in [-0.05, 0) is 38.6 Å². The van der Waals surface area contributed by atoms with Crippen LogP contribution in [0.4, 0.5) is 11.5 Å². The van der Waals surface area contributed by atoms with Crippen molar-refractivity contribution in [1.29, 1.82) is 0 Å². The van der Waals surface area contributed by atoms with E-state index in [1.807, 2.05) is 6.92 Å². The van der Waals surface area contributed by atoms with Crippen molar-refractivity contribution in [3.05, 3.63) is 20.8 Å². The summed E-state index contributed by atoms with van der Waals surface area (Å²) in [5.41, 5.74) is 5.07. The zero-order valence-electron chi connectivity index (χ0n) is 16.1. The average Bonchev–Trinajstić information content (AvgIpc) is 2.58. The molecule has 0 aliphatic carbocycles. The second kappa shape index (κ2) is 9.02. The number of aromatic amines is 1. The molecule has 0 bridgehead atoms. The molecule has 3 N–H and O–H groups in total. The smallest absolute Gasteiger partial charge is 0.330 e. The number of aromatic nitrogens is 2. The summed E-state index contributed by atoms with van der Waals surface area (Å²) < 4.78 is 1.35. The summed E-state index contributed by atoms with van der Waals surface area (Å²) in [4.78, 5) is 43.1. The van der Waals surface area contributed by atoms with Crippen LogP contribution in [-0.2, 0) is 11.3 Å². The zero-order valence-corrected chi connectivity index (χ0v) is 16.1. The fraction of sp³-hybridized carbons (Fsp3) is 0.722. The lowest BCUT2D eigenvalue weighted by atomic mass is 10.0. The molecule has 0 radical (unpaired) electrons. The number of piperidine rings is 1. The number of H-pyrrole nitrogens is 1. The third-order valence-corrected chi connectivity index (χ3v) is 4.94. The van der Waals surface area contributed by atoms with Gasteiger partial charge in [-0.1, -0.05) is 20.3 Å². The molecule has 1 atom stereocenters. The lowest BCUT2D eigenvalue weighted by molar-refractivity contribution is -0.120. The number of anilines is 2. The Kier molecular flexibility index (Phi) is 7.02. The minimum absolute atomic E-state index is 0.0643. The van der Waals surface area contributed by atoms with E-state index in [0.717, 1.165) is 32.4 Å². The molecule has 1 aliphatic rings. The average molecular weight is 365 g/mol. The lowest BCUT2D eigenvalue weighted by Crippen LogP contribution is -2.47. The minimum atomic E-state index is -0.609. The van der Waals surface area contributed by atoms with Gasteiger partial charge in [0.1, 0.15) is 5.82 Å². The van der Waals surface area contributed by atoms with Crippen LogP contribution in [-0.4, -0.2) is 46.5 Å². The number of likely N-dealkylation sites (tertiary alicyclic amines) is 1. The molecule has 1 aromatic rings. The molecule has 1 aliphatic heterocycles. The summed E-state index contributed by atoms with van der Waals surface area (Å²) >= 11 is 0. The fourth-order valence-corrected chi connectivity index (χ4v) is 3.54. The van der Waals surface area contributed by atoms with Crippen molar-refractivity contribution in [1.82, 2.24) is 14.5 Å². The molecule has 146 valence electrons. The molecular formula is C18H31N5O3. The van der Waals surface area contributed by atoms with Crippen LogP contribution in [0.3, 0.4) is 0 Å². The van der Waals surface area contributed by atoms with Crippen molar-refractivity contribution >= 4 is 17.4 Å². The van der Waals surface area contributed by atoms with Crippen LogP contribution in [0.25, 0.3) is 0 Å². The Morgan fingerprint density at radius 3 is 2.69 bits per heavy atom. The highest BCUT2D eigenvalue weighted by atomic mass is 16.2. The first-order valence-electron chi connectivity index (χ1n) is 9.54. The Bertz CT molecular complexity index is 739. The number of unbranched alkanes of at least 4 members (excludes halogenated alkanes) is 1. The van der Waals surface area contributed by atoms with E-state index >= 15 is 0 Å². The van der Waals surface area contributed by atoms with E-state index in [0.29, 0.717) is 19.0 Å². The summed E-state index contributed by atoms with van der Waals surface area (Å²) in [6.45, 7) is 8.75. The molecular weight excluding hydrogens is 334 g/mol. The maximum Gasteiger partial charge on any atom is 0.330 e. The summed E-state index contributed by atoms with van der Waals surface area (Å²) in [7, 11) is 0. The highest BCUT2D eigenvalue weighted by molar-refractivity contribution is 5.96. The topological polar surface area (TPSA) is 104 Å². The van der Waals surface area contributed by atoms with E-state index in [1.165, 1.54) is 15.9 Å². The molecule has 0 spiro atoms. The number of carbonyl (C=O) groups excluding carboxylic acids is 1. The second-order valence-electron chi connectivity index (χ2n) is 7.12. The lowest BCUT2D eigenvalue weighted by Gasteiger charge is -2.32. The third kappa shape index (κ3) is 4.55. The molecule has 0 saturated carbocycles. The van der Waals surface area contributed by atoms with Crippen molar-refractivity contribution in [2.75, 3.05) is 36.8 Å². The minimum Gasteiger partial charge on any atom is -0.383 e.